The van der Waals surface area contributed by atoms with Crippen LogP contribution in [0.4, 0.5) is 0 Å². The fourth-order valence-corrected chi connectivity index (χ4v) is 6.52. The van der Waals surface area contributed by atoms with Gasteiger partial charge in [0.2, 0.25) is 0 Å². The molecule has 2 aromatic carbocycles. The summed E-state index contributed by atoms with van der Waals surface area (Å²) in [5, 5.41) is 1.46. The second-order valence-corrected chi connectivity index (χ2v) is 11.1. The molecular weight excluding hydrogens is 468 g/mol. The molecule has 0 saturated heterocycles. The molecule has 0 fully saturated rings. The summed E-state index contributed by atoms with van der Waals surface area (Å²) in [6, 6.07) is 9.34. The molecule has 37 heavy (non-hydrogen) atoms. The van der Waals surface area contributed by atoms with E-state index in [0.717, 1.165) is 61.3 Å². The molecule has 198 valence electrons. The van der Waals surface area contributed by atoms with Gasteiger partial charge in [0, 0.05) is 24.6 Å². The van der Waals surface area contributed by atoms with Crippen molar-refractivity contribution >= 4 is 28.7 Å². The minimum absolute atomic E-state index is 0.0173. The quantitative estimate of drug-likeness (QED) is 0.246. The lowest BCUT2D eigenvalue weighted by Gasteiger charge is -2.49. The number of carbonyl (C=O) groups excluding carboxylic acids is 3. The van der Waals surface area contributed by atoms with E-state index in [2.05, 4.69) is 26.8 Å². The molecule has 0 saturated carbocycles. The van der Waals surface area contributed by atoms with E-state index in [-0.39, 0.29) is 11.4 Å². The highest BCUT2D eigenvalue weighted by atomic mass is 16.5. The molecule has 4 rings (SSSR count). The van der Waals surface area contributed by atoms with Crippen LogP contribution in [-0.4, -0.2) is 25.0 Å². The fraction of sp³-hybridized carbons (Fsp3) is 0.516. The number of ether oxygens (including phenoxy) is 3. The molecule has 2 aromatic rings. The Labute approximate surface area is 219 Å². The Kier molecular flexibility index (Phi) is 7.50. The summed E-state index contributed by atoms with van der Waals surface area (Å²) in [5.41, 5.74) is 3.32. The molecule has 0 radical (unpaired) electrons. The van der Waals surface area contributed by atoms with E-state index in [1.807, 2.05) is 12.1 Å². The van der Waals surface area contributed by atoms with Crippen LogP contribution in [0.5, 0.6) is 11.5 Å². The number of allylic oxidation sites excluding steroid dienone is 1. The summed E-state index contributed by atoms with van der Waals surface area (Å²) < 4.78 is 16.1. The van der Waals surface area contributed by atoms with Gasteiger partial charge in [0.1, 0.15) is 11.5 Å². The maximum Gasteiger partial charge on any atom is 0.315 e. The van der Waals surface area contributed by atoms with Crippen LogP contribution in [-0.2, 0) is 25.5 Å². The molecule has 6 nitrogen and oxygen atoms in total. The second kappa shape index (κ2) is 10.3. The molecule has 3 atom stereocenters. The third-order valence-electron chi connectivity index (χ3n) is 8.82. The molecule has 6 heteroatoms. The van der Waals surface area contributed by atoms with Crippen molar-refractivity contribution in [1.82, 2.24) is 0 Å². The van der Waals surface area contributed by atoms with Gasteiger partial charge >= 0.3 is 17.9 Å². The number of hydrogen-bond donors (Lipinski definition) is 0. The summed E-state index contributed by atoms with van der Waals surface area (Å²) in [4.78, 5) is 36.2. The molecule has 0 bridgehead atoms. The van der Waals surface area contributed by atoms with Crippen LogP contribution in [0.2, 0.25) is 0 Å². The lowest BCUT2D eigenvalue weighted by atomic mass is 9.55. The van der Waals surface area contributed by atoms with Crippen LogP contribution in [0.15, 0.2) is 41.5 Å². The minimum Gasteiger partial charge on any atom is -0.468 e. The Morgan fingerprint density at radius 2 is 1.57 bits per heavy atom. The molecule has 0 aliphatic heterocycles. The first-order valence-electron chi connectivity index (χ1n) is 13.2. The number of rotatable bonds is 6. The molecule has 0 spiro atoms. The van der Waals surface area contributed by atoms with Crippen molar-refractivity contribution in [3.05, 3.63) is 47.0 Å². The summed E-state index contributed by atoms with van der Waals surface area (Å²) in [7, 11) is 1.49. The SMILES string of the molecule is COC(=O)[C@@]1(C)CCCC2=C1CC[C@H](C)[C@@]2(C)CCc1ccc2c(OC(C)=O)ccc(OC(C)=O)c2c1. The Bertz CT molecular complexity index is 1270. The van der Waals surface area contributed by atoms with Crippen molar-refractivity contribution in [2.75, 3.05) is 7.11 Å². The average molecular weight is 507 g/mol. The lowest BCUT2D eigenvalue weighted by molar-refractivity contribution is -0.150. The number of fused-ring (bicyclic) bond motifs is 1. The number of methoxy groups -OCH3 is 1. The third kappa shape index (κ3) is 5.03. The summed E-state index contributed by atoms with van der Waals surface area (Å²) in [5.74, 6) is 0.466. The summed E-state index contributed by atoms with van der Waals surface area (Å²) >= 11 is 0. The maximum absolute atomic E-state index is 12.8. The van der Waals surface area contributed by atoms with Crippen LogP contribution in [0.3, 0.4) is 0 Å². The number of carbonyl (C=O) groups is 3. The first-order chi connectivity index (χ1) is 17.5. The van der Waals surface area contributed by atoms with Crippen molar-refractivity contribution in [1.29, 1.82) is 0 Å². The predicted octanol–water partition coefficient (Wildman–Crippen LogP) is 6.72. The molecule has 0 aromatic heterocycles. The maximum atomic E-state index is 12.8. The van der Waals surface area contributed by atoms with Crippen LogP contribution >= 0.6 is 0 Å². The highest BCUT2D eigenvalue weighted by molar-refractivity contribution is 5.96. The van der Waals surface area contributed by atoms with Crippen LogP contribution in [0, 0.1) is 16.7 Å². The number of aryl methyl sites for hydroxylation is 1. The Morgan fingerprint density at radius 1 is 0.919 bits per heavy atom. The standard InChI is InChI=1S/C31H38O6/c1-19-9-12-26-25(8-7-16-31(26,5)29(34)35-6)30(19,4)17-15-22-10-11-23-24(18-22)28(37-21(3)33)14-13-27(23)36-20(2)32/h10-11,13-14,18-19H,7-9,12,15-17H2,1-6H3/t19-,30+,31-/m0/s1. The van der Waals surface area contributed by atoms with E-state index in [1.54, 1.807) is 12.1 Å². The van der Waals surface area contributed by atoms with Gasteiger partial charge in [-0.3, -0.25) is 14.4 Å². The Balaban J connectivity index is 1.69. The van der Waals surface area contributed by atoms with E-state index < -0.39 is 17.4 Å². The monoisotopic (exact) mass is 506 g/mol. The summed E-state index contributed by atoms with van der Waals surface area (Å²) in [6.45, 7) is 9.49. The minimum atomic E-state index is -0.529. The highest BCUT2D eigenvalue weighted by Crippen LogP contribution is 2.57. The van der Waals surface area contributed by atoms with E-state index in [1.165, 1.54) is 32.1 Å². The first-order valence-corrected chi connectivity index (χ1v) is 13.2. The van der Waals surface area contributed by atoms with Gasteiger partial charge in [-0.1, -0.05) is 37.1 Å². The molecular formula is C31H38O6. The smallest absolute Gasteiger partial charge is 0.315 e. The van der Waals surface area contributed by atoms with E-state index in [9.17, 15) is 14.4 Å². The van der Waals surface area contributed by atoms with Crippen molar-refractivity contribution in [2.24, 2.45) is 16.7 Å². The van der Waals surface area contributed by atoms with Crippen LogP contribution < -0.4 is 9.47 Å². The second-order valence-electron chi connectivity index (χ2n) is 11.1. The van der Waals surface area contributed by atoms with Gasteiger partial charge in [0.15, 0.2) is 0 Å². The molecule has 0 unspecified atom stereocenters. The zero-order valence-electron chi connectivity index (χ0n) is 22.9. The third-order valence-corrected chi connectivity index (χ3v) is 8.82. The van der Waals surface area contributed by atoms with Gasteiger partial charge in [-0.2, -0.15) is 0 Å². The van der Waals surface area contributed by atoms with Gasteiger partial charge < -0.3 is 14.2 Å². The fourth-order valence-electron chi connectivity index (χ4n) is 6.52. The highest BCUT2D eigenvalue weighted by Gasteiger charge is 2.49. The topological polar surface area (TPSA) is 78.9 Å². The van der Waals surface area contributed by atoms with Crippen molar-refractivity contribution in [3.63, 3.8) is 0 Å². The van der Waals surface area contributed by atoms with Gasteiger partial charge in [-0.25, -0.2) is 0 Å². The largest absolute Gasteiger partial charge is 0.468 e. The normalized spacial score (nSPS) is 25.4. The zero-order valence-corrected chi connectivity index (χ0v) is 22.9. The van der Waals surface area contributed by atoms with E-state index >= 15 is 0 Å². The number of benzene rings is 2. The zero-order chi connectivity index (χ0) is 27.0. The lowest BCUT2D eigenvalue weighted by Crippen LogP contribution is -2.42. The van der Waals surface area contributed by atoms with Gasteiger partial charge in [0.05, 0.1) is 12.5 Å². The van der Waals surface area contributed by atoms with Crippen molar-refractivity contribution < 1.29 is 28.6 Å². The number of hydrogen-bond acceptors (Lipinski definition) is 6. The summed E-state index contributed by atoms with van der Waals surface area (Å²) in [6.07, 6.45) is 6.66. The van der Waals surface area contributed by atoms with Gasteiger partial charge in [-0.05, 0) is 87.0 Å². The molecule has 0 amide bonds. The van der Waals surface area contributed by atoms with Gasteiger partial charge in [-0.15, -0.1) is 0 Å². The predicted molar refractivity (Wildman–Crippen MR) is 142 cm³/mol. The van der Waals surface area contributed by atoms with Crippen LogP contribution in [0.25, 0.3) is 10.8 Å². The molecule has 2 aliphatic carbocycles. The average Bonchev–Trinajstić information content (AvgIpc) is 2.86. The molecule has 0 heterocycles. The molecule has 2 aliphatic rings. The molecule has 0 N–H and O–H groups in total. The van der Waals surface area contributed by atoms with E-state index in [0.29, 0.717) is 17.4 Å². The van der Waals surface area contributed by atoms with Gasteiger partial charge in [0.25, 0.3) is 0 Å². The number of esters is 3. The Hall–Kier alpha value is -3.15. The van der Waals surface area contributed by atoms with Crippen LogP contribution in [0.1, 0.15) is 78.7 Å². The van der Waals surface area contributed by atoms with Crippen molar-refractivity contribution in [2.45, 2.75) is 79.6 Å². The Morgan fingerprint density at radius 3 is 2.19 bits per heavy atom. The first kappa shape index (κ1) is 26.9. The van der Waals surface area contributed by atoms with Crippen molar-refractivity contribution in [3.8, 4) is 11.5 Å². The van der Waals surface area contributed by atoms with E-state index in [4.69, 9.17) is 14.2 Å².